The first-order valence-corrected chi connectivity index (χ1v) is 6.42. The number of hydrogen-bond acceptors (Lipinski definition) is 2. The second-order valence-electron chi connectivity index (χ2n) is 4.42. The molecule has 0 aliphatic heterocycles. The summed E-state index contributed by atoms with van der Waals surface area (Å²) < 4.78 is 37.2. The lowest BCUT2D eigenvalue weighted by Crippen LogP contribution is -2.05. The van der Waals surface area contributed by atoms with E-state index in [4.69, 9.17) is 0 Å². The summed E-state index contributed by atoms with van der Waals surface area (Å²) in [7, 11) is 0. The summed E-state index contributed by atoms with van der Waals surface area (Å²) >= 11 is 0. The Labute approximate surface area is 129 Å². The molecule has 2 aromatic rings. The first kappa shape index (κ1) is 17.7. The third kappa shape index (κ3) is 5.56. The van der Waals surface area contributed by atoms with Crippen molar-refractivity contribution in [2.24, 2.45) is 0 Å². The Balaban J connectivity index is 0.00000242. The van der Waals surface area contributed by atoms with E-state index in [9.17, 15) is 13.2 Å². The average molecular weight is 303 g/mol. The Morgan fingerprint density at radius 2 is 1.50 bits per heavy atom. The van der Waals surface area contributed by atoms with Crippen LogP contribution in [0, 0.1) is 0 Å². The SMILES string of the molecule is FC(F)(F)c1ccc(N/C=C/NCc2ccccc2)cc1.[B]. The summed E-state index contributed by atoms with van der Waals surface area (Å²) in [4.78, 5) is 0. The Morgan fingerprint density at radius 3 is 2.09 bits per heavy atom. The Bertz CT molecular complexity index is 581. The molecule has 0 unspecified atom stereocenters. The fraction of sp³-hybridized carbons (Fsp3) is 0.125. The zero-order valence-corrected chi connectivity index (χ0v) is 11.8. The highest BCUT2D eigenvalue weighted by atomic mass is 19.4. The molecule has 0 saturated heterocycles. The molecule has 0 saturated carbocycles. The van der Waals surface area contributed by atoms with Gasteiger partial charge in [0.1, 0.15) is 0 Å². The quantitative estimate of drug-likeness (QED) is 0.816. The van der Waals surface area contributed by atoms with Crippen LogP contribution in [-0.4, -0.2) is 8.41 Å². The fourth-order valence-electron chi connectivity index (χ4n) is 1.72. The van der Waals surface area contributed by atoms with Crippen molar-refractivity contribution in [1.82, 2.24) is 5.32 Å². The van der Waals surface area contributed by atoms with Crippen molar-refractivity contribution in [2.75, 3.05) is 5.32 Å². The lowest BCUT2D eigenvalue weighted by atomic mass is 10.2. The molecule has 6 heteroatoms. The van der Waals surface area contributed by atoms with Gasteiger partial charge in [0.05, 0.1) is 5.56 Å². The predicted molar refractivity (Wildman–Crippen MR) is 83.2 cm³/mol. The van der Waals surface area contributed by atoms with Crippen molar-refractivity contribution in [3.05, 3.63) is 78.1 Å². The number of nitrogens with one attached hydrogen (secondary N) is 2. The smallest absolute Gasteiger partial charge is 0.386 e. The van der Waals surface area contributed by atoms with Gasteiger partial charge in [-0.3, -0.25) is 0 Å². The number of rotatable bonds is 5. The van der Waals surface area contributed by atoms with Crippen LogP contribution < -0.4 is 10.6 Å². The van der Waals surface area contributed by atoms with E-state index in [1.807, 2.05) is 30.3 Å². The van der Waals surface area contributed by atoms with Crippen LogP contribution in [0.15, 0.2) is 67.0 Å². The van der Waals surface area contributed by atoms with Crippen LogP contribution in [0.5, 0.6) is 0 Å². The molecule has 0 amide bonds. The molecular weight excluding hydrogens is 288 g/mol. The third-order valence-electron chi connectivity index (χ3n) is 2.81. The Morgan fingerprint density at radius 1 is 0.864 bits per heavy atom. The minimum absolute atomic E-state index is 0. The van der Waals surface area contributed by atoms with Gasteiger partial charge >= 0.3 is 6.18 Å². The van der Waals surface area contributed by atoms with E-state index < -0.39 is 11.7 Å². The molecule has 3 radical (unpaired) electrons. The van der Waals surface area contributed by atoms with Crippen LogP contribution in [0.4, 0.5) is 18.9 Å². The van der Waals surface area contributed by atoms with E-state index in [-0.39, 0.29) is 8.41 Å². The molecular formula is C16H15BF3N2. The number of anilines is 1. The van der Waals surface area contributed by atoms with Crippen molar-refractivity contribution in [1.29, 1.82) is 0 Å². The standard InChI is InChI=1S/C16H15F3N2.B/c17-16(18,19)14-6-8-15(9-7-14)21-11-10-20-12-13-4-2-1-3-5-13;/h1-11,20-21H,12H2;/b11-10+;. The van der Waals surface area contributed by atoms with E-state index in [2.05, 4.69) is 10.6 Å². The Hall–Kier alpha value is -2.37. The molecule has 0 fully saturated rings. The first-order valence-electron chi connectivity index (χ1n) is 6.42. The highest BCUT2D eigenvalue weighted by Gasteiger charge is 2.29. The van der Waals surface area contributed by atoms with E-state index in [0.29, 0.717) is 12.2 Å². The van der Waals surface area contributed by atoms with Gasteiger partial charge in [-0.1, -0.05) is 30.3 Å². The maximum absolute atomic E-state index is 12.4. The van der Waals surface area contributed by atoms with Crippen molar-refractivity contribution in [3.63, 3.8) is 0 Å². The maximum atomic E-state index is 12.4. The van der Waals surface area contributed by atoms with Gasteiger partial charge < -0.3 is 10.6 Å². The lowest BCUT2D eigenvalue weighted by Gasteiger charge is -2.07. The van der Waals surface area contributed by atoms with E-state index in [1.54, 1.807) is 12.4 Å². The summed E-state index contributed by atoms with van der Waals surface area (Å²) in [6.45, 7) is 0.687. The molecule has 113 valence electrons. The molecule has 22 heavy (non-hydrogen) atoms. The summed E-state index contributed by atoms with van der Waals surface area (Å²) in [5.74, 6) is 0. The molecule has 0 aromatic heterocycles. The highest BCUT2D eigenvalue weighted by molar-refractivity contribution is 5.75. The van der Waals surface area contributed by atoms with Crippen LogP contribution in [0.3, 0.4) is 0 Å². The normalized spacial score (nSPS) is 11.0. The van der Waals surface area contributed by atoms with Crippen molar-refractivity contribution < 1.29 is 13.2 Å². The van der Waals surface area contributed by atoms with E-state index >= 15 is 0 Å². The summed E-state index contributed by atoms with van der Waals surface area (Å²) in [5.41, 5.74) is 1.09. The third-order valence-corrected chi connectivity index (χ3v) is 2.81. The zero-order chi connectivity index (χ0) is 15.1. The van der Waals surface area contributed by atoms with Gasteiger partial charge in [0.25, 0.3) is 0 Å². The fourth-order valence-corrected chi connectivity index (χ4v) is 1.72. The summed E-state index contributed by atoms with van der Waals surface area (Å²) in [6.07, 6.45) is -0.943. The topological polar surface area (TPSA) is 24.1 Å². The van der Waals surface area contributed by atoms with Gasteiger partial charge in [0.15, 0.2) is 0 Å². The average Bonchev–Trinajstić information content (AvgIpc) is 2.47. The van der Waals surface area contributed by atoms with Crippen molar-refractivity contribution in [3.8, 4) is 0 Å². The predicted octanol–water partition coefficient (Wildman–Crippen LogP) is 4.00. The van der Waals surface area contributed by atoms with Gasteiger partial charge in [-0.25, -0.2) is 0 Å². The van der Waals surface area contributed by atoms with E-state index in [1.165, 1.54) is 12.1 Å². The summed E-state index contributed by atoms with van der Waals surface area (Å²) in [6, 6.07) is 14.8. The molecule has 2 nitrogen and oxygen atoms in total. The van der Waals surface area contributed by atoms with Gasteiger partial charge in [-0.15, -0.1) is 0 Å². The molecule has 2 aromatic carbocycles. The van der Waals surface area contributed by atoms with Crippen LogP contribution in [0.1, 0.15) is 11.1 Å². The van der Waals surface area contributed by atoms with Crippen LogP contribution in [-0.2, 0) is 12.7 Å². The molecule has 2 N–H and O–H groups in total. The molecule has 0 heterocycles. The van der Waals surface area contributed by atoms with Gasteiger partial charge in [0.2, 0.25) is 0 Å². The molecule has 0 bridgehead atoms. The first-order chi connectivity index (χ1) is 10.1. The largest absolute Gasteiger partial charge is 0.416 e. The highest BCUT2D eigenvalue weighted by Crippen LogP contribution is 2.29. The van der Waals surface area contributed by atoms with E-state index in [0.717, 1.165) is 17.7 Å². The second kappa shape index (κ2) is 8.17. The minimum Gasteiger partial charge on any atom is -0.386 e. The van der Waals surface area contributed by atoms with Crippen LogP contribution in [0.25, 0.3) is 0 Å². The van der Waals surface area contributed by atoms with Crippen LogP contribution in [0.2, 0.25) is 0 Å². The molecule has 0 atom stereocenters. The van der Waals surface area contributed by atoms with Gasteiger partial charge in [0, 0.05) is 33.0 Å². The van der Waals surface area contributed by atoms with Crippen molar-refractivity contribution >= 4 is 14.1 Å². The number of alkyl halides is 3. The van der Waals surface area contributed by atoms with Gasteiger partial charge in [-0.2, -0.15) is 13.2 Å². The minimum atomic E-state index is -4.30. The number of hydrogen-bond donors (Lipinski definition) is 2. The zero-order valence-electron chi connectivity index (χ0n) is 11.8. The second-order valence-corrected chi connectivity index (χ2v) is 4.42. The molecule has 0 spiro atoms. The lowest BCUT2D eigenvalue weighted by molar-refractivity contribution is -0.137. The summed E-state index contributed by atoms with van der Waals surface area (Å²) in [5, 5.41) is 5.98. The number of halogens is 3. The molecule has 2 rings (SSSR count). The maximum Gasteiger partial charge on any atom is 0.416 e. The Kier molecular flexibility index (Phi) is 6.57. The molecule has 0 aliphatic carbocycles. The van der Waals surface area contributed by atoms with Crippen molar-refractivity contribution in [2.45, 2.75) is 12.7 Å². The monoisotopic (exact) mass is 303 g/mol. The number of benzene rings is 2. The van der Waals surface area contributed by atoms with Crippen LogP contribution >= 0.6 is 0 Å². The van der Waals surface area contributed by atoms with Gasteiger partial charge in [-0.05, 0) is 29.8 Å². The molecule has 0 aliphatic rings.